The number of phenols is 2. The predicted molar refractivity (Wildman–Crippen MR) is 82.5 cm³/mol. The summed E-state index contributed by atoms with van der Waals surface area (Å²) >= 11 is 0. The largest absolute Gasteiger partial charge is 0.508 e. The topological polar surface area (TPSA) is 92.5 Å². The van der Waals surface area contributed by atoms with Gasteiger partial charge >= 0.3 is 0 Å². The number of rotatable bonds is 0. The number of hydrogen-bond acceptors (Lipinski definition) is 4. The van der Waals surface area contributed by atoms with E-state index in [0.29, 0.717) is 0 Å². The number of fused-ring (bicyclic) bond motifs is 4. The summed E-state index contributed by atoms with van der Waals surface area (Å²) < 4.78 is 0. The van der Waals surface area contributed by atoms with Gasteiger partial charge in [0.25, 0.3) is 0 Å². The summed E-state index contributed by atoms with van der Waals surface area (Å²) in [5, 5.41) is 20.8. The molecule has 0 heterocycles. The normalized spacial score (nSPS) is 17.9. The fraction of sp³-hybridized carbons (Fsp3) is 0.294. The van der Waals surface area contributed by atoms with E-state index in [1.54, 1.807) is 24.3 Å². The first-order valence-corrected chi connectivity index (χ1v) is 7.26. The van der Waals surface area contributed by atoms with Crippen molar-refractivity contribution in [2.24, 2.45) is 0 Å². The lowest BCUT2D eigenvalue weighted by Gasteiger charge is -2.28. The lowest BCUT2D eigenvalue weighted by molar-refractivity contribution is 0.416. The molecule has 2 aliphatic rings. The van der Waals surface area contributed by atoms with Gasteiger partial charge in [-0.15, -0.1) is 0 Å². The molecule has 4 nitrogen and oxygen atoms in total. The van der Waals surface area contributed by atoms with Gasteiger partial charge in [-0.05, 0) is 61.1 Å². The summed E-state index contributed by atoms with van der Waals surface area (Å²) in [6, 6.07) is 6.82. The second kappa shape index (κ2) is 3.85. The molecule has 0 aromatic heterocycles. The van der Waals surface area contributed by atoms with Crippen LogP contribution in [0.4, 0.5) is 11.4 Å². The summed E-state index contributed by atoms with van der Waals surface area (Å²) in [6.45, 7) is 0. The minimum Gasteiger partial charge on any atom is -0.508 e. The van der Waals surface area contributed by atoms with E-state index in [2.05, 4.69) is 0 Å². The zero-order valence-corrected chi connectivity index (χ0v) is 11.7. The van der Waals surface area contributed by atoms with Crippen molar-refractivity contribution in [2.75, 3.05) is 11.5 Å². The molecule has 6 N–H and O–H groups in total. The maximum atomic E-state index is 10.4. The number of nitrogens with two attached hydrogens (primary N) is 2. The maximum absolute atomic E-state index is 10.4. The smallest absolute Gasteiger partial charge is 0.120 e. The van der Waals surface area contributed by atoms with E-state index in [9.17, 15) is 10.2 Å². The van der Waals surface area contributed by atoms with Crippen LogP contribution in [0, 0.1) is 0 Å². The van der Waals surface area contributed by atoms with Crippen LogP contribution in [0.25, 0.3) is 0 Å². The van der Waals surface area contributed by atoms with Crippen molar-refractivity contribution in [2.45, 2.75) is 31.1 Å². The van der Waals surface area contributed by atoms with Crippen molar-refractivity contribution in [3.63, 3.8) is 0 Å². The number of anilines is 2. The minimum absolute atomic E-state index is 0.270. The Kier molecular flexibility index (Phi) is 2.27. The molecule has 0 unspecified atom stereocenters. The zero-order chi connectivity index (χ0) is 14.8. The second-order valence-electron chi connectivity index (χ2n) is 6.14. The summed E-state index contributed by atoms with van der Waals surface area (Å²) in [4.78, 5) is 0. The predicted octanol–water partition coefficient (Wildman–Crippen LogP) is 2.44. The van der Waals surface area contributed by atoms with E-state index in [0.717, 1.165) is 59.3 Å². The maximum Gasteiger partial charge on any atom is 0.120 e. The first kappa shape index (κ1) is 12.4. The molecule has 0 saturated carbocycles. The molecule has 0 bridgehead atoms. The number of hydrogen-bond donors (Lipinski definition) is 4. The molecule has 21 heavy (non-hydrogen) atoms. The molecule has 2 aromatic carbocycles. The molecular weight excluding hydrogens is 264 g/mol. The molecule has 0 atom stereocenters. The van der Waals surface area contributed by atoms with Crippen LogP contribution >= 0.6 is 0 Å². The van der Waals surface area contributed by atoms with Gasteiger partial charge in [0, 0.05) is 27.9 Å². The molecule has 2 aliphatic carbocycles. The van der Waals surface area contributed by atoms with E-state index in [-0.39, 0.29) is 16.9 Å². The molecule has 0 amide bonds. The summed E-state index contributed by atoms with van der Waals surface area (Å²) in [6.07, 6.45) is 3.36. The summed E-state index contributed by atoms with van der Waals surface area (Å²) in [5.74, 6) is 0.540. The lowest BCUT2D eigenvalue weighted by Crippen LogP contribution is -2.21. The minimum atomic E-state index is -0.344. The number of phenolic OH excluding ortho intramolecular Hbond substituents is 2. The Balaban J connectivity index is 2.05. The molecule has 4 rings (SSSR count). The van der Waals surface area contributed by atoms with Crippen molar-refractivity contribution in [1.82, 2.24) is 0 Å². The van der Waals surface area contributed by atoms with E-state index < -0.39 is 0 Å². The molecule has 4 heteroatoms. The number of nitrogen functional groups attached to an aromatic ring is 2. The van der Waals surface area contributed by atoms with E-state index in [4.69, 9.17) is 11.5 Å². The summed E-state index contributed by atoms with van der Waals surface area (Å²) in [7, 11) is 0. The Hall–Kier alpha value is -2.36. The molecule has 0 radical (unpaired) electrons. The average Bonchev–Trinajstić information content (AvgIpc) is 3.04. The van der Waals surface area contributed by atoms with Crippen LogP contribution in [0.15, 0.2) is 24.3 Å². The molecule has 0 fully saturated rings. The van der Waals surface area contributed by atoms with Gasteiger partial charge in [0.05, 0.1) is 0 Å². The fourth-order valence-electron chi connectivity index (χ4n) is 4.34. The first-order valence-electron chi connectivity index (χ1n) is 7.26. The molecule has 2 aromatic rings. The molecule has 0 saturated heterocycles. The lowest BCUT2D eigenvalue weighted by atomic mass is 9.75. The van der Waals surface area contributed by atoms with Gasteiger partial charge in [-0.1, -0.05) is 0 Å². The Morgan fingerprint density at radius 3 is 1.62 bits per heavy atom. The van der Waals surface area contributed by atoms with E-state index in [1.807, 2.05) is 0 Å². The molecule has 1 spiro atoms. The van der Waals surface area contributed by atoms with Crippen LogP contribution in [0.5, 0.6) is 11.5 Å². The van der Waals surface area contributed by atoms with Crippen LogP contribution in [-0.4, -0.2) is 10.2 Å². The zero-order valence-electron chi connectivity index (χ0n) is 11.7. The van der Waals surface area contributed by atoms with E-state index in [1.165, 1.54) is 0 Å². The third-order valence-corrected chi connectivity index (χ3v) is 5.21. The van der Waals surface area contributed by atoms with Crippen molar-refractivity contribution in [1.29, 1.82) is 0 Å². The first-order chi connectivity index (χ1) is 10.0. The standard InChI is InChI=1S/C17H18N2O2/c18-11-1-3-13(20)15-9(11)5-7-17(15)8-6-10-12(19)2-4-14(21)16(10)17/h1-4,20-21H,5-8,18-19H2. The summed E-state index contributed by atoms with van der Waals surface area (Å²) in [5.41, 5.74) is 17.1. The van der Waals surface area contributed by atoms with Crippen molar-refractivity contribution >= 4 is 11.4 Å². The van der Waals surface area contributed by atoms with Gasteiger partial charge < -0.3 is 21.7 Å². The molecule has 108 valence electrons. The SMILES string of the molecule is Nc1ccc(O)c2c1CCC21CCc2c(N)ccc(O)c21. The van der Waals surface area contributed by atoms with Gasteiger partial charge in [0.1, 0.15) is 11.5 Å². The van der Waals surface area contributed by atoms with Crippen molar-refractivity contribution in [3.8, 4) is 11.5 Å². The number of benzene rings is 2. The van der Waals surface area contributed by atoms with Crippen LogP contribution in [-0.2, 0) is 18.3 Å². The van der Waals surface area contributed by atoms with Gasteiger partial charge in [-0.2, -0.15) is 0 Å². The second-order valence-corrected chi connectivity index (χ2v) is 6.14. The van der Waals surface area contributed by atoms with Crippen LogP contribution in [0.2, 0.25) is 0 Å². The monoisotopic (exact) mass is 282 g/mol. The quantitative estimate of drug-likeness (QED) is 0.441. The third kappa shape index (κ3) is 1.39. The Labute approximate surface area is 123 Å². The Morgan fingerprint density at radius 2 is 1.19 bits per heavy atom. The Morgan fingerprint density at radius 1 is 0.762 bits per heavy atom. The third-order valence-electron chi connectivity index (χ3n) is 5.21. The van der Waals surface area contributed by atoms with Gasteiger partial charge in [0.2, 0.25) is 0 Å². The van der Waals surface area contributed by atoms with Crippen LogP contribution in [0.3, 0.4) is 0 Å². The van der Waals surface area contributed by atoms with Gasteiger partial charge in [-0.25, -0.2) is 0 Å². The fourth-order valence-corrected chi connectivity index (χ4v) is 4.34. The Bertz CT molecular complexity index is 702. The molecular formula is C17H18N2O2. The highest BCUT2D eigenvalue weighted by Crippen LogP contribution is 2.58. The highest BCUT2D eigenvalue weighted by molar-refractivity contribution is 5.70. The van der Waals surface area contributed by atoms with Gasteiger partial charge in [0.15, 0.2) is 0 Å². The highest BCUT2D eigenvalue weighted by atomic mass is 16.3. The van der Waals surface area contributed by atoms with Crippen LogP contribution in [0.1, 0.15) is 35.1 Å². The number of aromatic hydroxyl groups is 2. The van der Waals surface area contributed by atoms with Crippen molar-refractivity contribution < 1.29 is 10.2 Å². The van der Waals surface area contributed by atoms with E-state index >= 15 is 0 Å². The van der Waals surface area contributed by atoms with Crippen molar-refractivity contribution in [3.05, 3.63) is 46.5 Å². The highest BCUT2D eigenvalue weighted by Gasteiger charge is 2.49. The van der Waals surface area contributed by atoms with Gasteiger partial charge in [-0.3, -0.25) is 0 Å². The molecule has 0 aliphatic heterocycles. The van der Waals surface area contributed by atoms with Crippen LogP contribution < -0.4 is 11.5 Å². The average molecular weight is 282 g/mol.